The number of ether oxygens (including phenoxy) is 2. The first-order valence-corrected chi connectivity index (χ1v) is 22.3. The standard InChI is InChI=1S/2C27H25N5O2/c2*1-2-34-25-15-19(22-11-7-12-23(31-22)27(28)18-8-4-3-5-9-18)14-24-21(25)16-29-32(24)26-13-6-10-20(17-33)30-26/h2*3-16,27,33H,2,17,28H2,1H3/t2*27-/m10/s1. The zero-order valence-corrected chi connectivity index (χ0v) is 37.6. The molecule has 6 N–H and O–H groups in total. The SMILES string of the molecule is CCOc1cc(-c2cccc([C@@H](N)c3ccccc3)n2)cc2c1cnn2-c1cccc(CO)n1.CCOc1cc(-c2cccc([C@H](N)c3ccccc3)n2)cc2c1cnn2-c1cccc(CO)n1. The van der Waals surface area contributed by atoms with Crippen molar-refractivity contribution in [1.29, 1.82) is 0 Å². The maximum atomic E-state index is 9.50. The predicted molar refractivity (Wildman–Crippen MR) is 263 cm³/mol. The van der Waals surface area contributed by atoms with Gasteiger partial charge in [0.25, 0.3) is 0 Å². The number of aliphatic hydroxyl groups excluding tert-OH is 2. The third kappa shape index (κ3) is 9.56. The number of hydrogen-bond donors (Lipinski definition) is 4. The normalized spacial score (nSPS) is 12.1. The minimum atomic E-state index is -0.327. The topological polar surface area (TPSA) is 198 Å². The third-order valence-electron chi connectivity index (χ3n) is 11.3. The zero-order chi connectivity index (χ0) is 47.0. The van der Waals surface area contributed by atoms with Gasteiger partial charge in [-0.3, -0.25) is 9.97 Å². The lowest BCUT2D eigenvalue weighted by molar-refractivity contribution is 0.276. The molecule has 4 aromatic carbocycles. The summed E-state index contributed by atoms with van der Waals surface area (Å²) in [6.07, 6.45) is 3.54. The summed E-state index contributed by atoms with van der Waals surface area (Å²) >= 11 is 0. The summed E-state index contributed by atoms with van der Waals surface area (Å²) in [5.74, 6) is 2.68. The molecule has 14 heteroatoms. The Labute approximate surface area is 393 Å². The Balaban J connectivity index is 0.000000170. The van der Waals surface area contributed by atoms with Crippen LogP contribution in [0.25, 0.3) is 56.0 Å². The summed E-state index contributed by atoms with van der Waals surface area (Å²) in [6, 6.07) is 49.9. The van der Waals surface area contributed by atoms with Crippen LogP contribution in [0.3, 0.4) is 0 Å². The summed E-state index contributed by atoms with van der Waals surface area (Å²) in [4.78, 5) is 18.8. The van der Waals surface area contributed by atoms with Crippen LogP contribution >= 0.6 is 0 Å². The summed E-state index contributed by atoms with van der Waals surface area (Å²) in [5.41, 5.74) is 22.8. The molecule has 0 bridgehead atoms. The molecule has 0 fully saturated rings. The van der Waals surface area contributed by atoms with E-state index in [-0.39, 0.29) is 25.3 Å². The van der Waals surface area contributed by atoms with Gasteiger partial charge >= 0.3 is 0 Å². The van der Waals surface area contributed by atoms with Crippen LogP contribution in [0.15, 0.2) is 170 Å². The molecule has 0 aliphatic carbocycles. The van der Waals surface area contributed by atoms with Crippen LogP contribution in [0.1, 0.15) is 59.8 Å². The number of aliphatic hydroxyl groups is 2. The lowest BCUT2D eigenvalue weighted by atomic mass is 10.0. The van der Waals surface area contributed by atoms with E-state index in [9.17, 15) is 10.2 Å². The Hall–Kier alpha value is -8.14. The fourth-order valence-electron chi connectivity index (χ4n) is 7.98. The fraction of sp³-hybridized carbons (Fsp3) is 0.148. The van der Waals surface area contributed by atoms with Crippen LogP contribution in [0.2, 0.25) is 0 Å². The van der Waals surface area contributed by atoms with Crippen molar-refractivity contribution in [2.75, 3.05) is 13.2 Å². The van der Waals surface area contributed by atoms with Crippen molar-refractivity contribution < 1.29 is 19.7 Å². The van der Waals surface area contributed by atoms with Gasteiger partial charge in [0.05, 0.1) is 107 Å². The van der Waals surface area contributed by atoms with E-state index in [0.717, 1.165) is 78.3 Å². The largest absolute Gasteiger partial charge is 0.493 e. The lowest BCUT2D eigenvalue weighted by Gasteiger charge is -2.14. The Morgan fingerprint density at radius 1 is 0.485 bits per heavy atom. The van der Waals surface area contributed by atoms with Crippen LogP contribution in [0, 0.1) is 0 Å². The number of aromatic nitrogens is 8. The summed E-state index contributed by atoms with van der Waals surface area (Å²) in [6.45, 7) is 4.67. The highest BCUT2D eigenvalue weighted by Gasteiger charge is 2.19. The molecule has 2 atom stereocenters. The van der Waals surface area contributed by atoms with Crippen LogP contribution in [-0.4, -0.2) is 62.9 Å². The van der Waals surface area contributed by atoms with Crippen LogP contribution in [0.4, 0.5) is 0 Å². The minimum absolute atomic E-state index is 0.138. The molecule has 10 aromatic rings. The average Bonchev–Trinajstić information content (AvgIpc) is 4.05. The Kier molecular flexibility index (Phi) is 13.6. The minimum Gasteiger partial charge on any atom is -0.493 e. The van der Waals surface area contributed by atoms with E-state index in [1.807, 2.05) is 159 Å². The second-order valence-electron chi connectivity index (χ2n) is 15.8. The van der Waals surface area contributed by atoms with Gasteiger partial charge in [-0.2, -0.15) is 10.2 Å². The number of rotatable bonds is 14. The third-order valence-corrected chi connectivity index (χ3v) is 11.3. The molecule has 14 nitrogen and oxygen atoms in total. The van der Waals surface area contributed by atoms with Crippen LogP contribution < -0.4 is 20.9 Å². The highest BCUT2D eigenvalue weighted by atomic mass is 16.5. The highest BCUT2D eigenvalue weighted by Crippen LogP contribution is 2.35. The van der Waals surface area contributed by atoms with Gasteiger partial charge in [0.2, 0.25) is 0 Å². The van der Waals surface area contributed by atoms with Crippen molar-refractivity contribution >= 4 is 21.8 Å². The zero-order valence-electron chi connectivity index (χ0n) is 37.6. The van der Waals surface area contributed by atoms with Gasteiger partial charge in [0.1, 0.15) is 11.5 Å². The van der Waals surface area contributed by atoms with Gasteiger partial charge in [-0.15, -0.1) is 0 Å². The van der Waals surface area contributed by atoms with E-state index < -0.39 is 0 Å². The quantitative estimate of drug-likeness (QED) is 0.0810. The monoisotopic (exact) mass is 902 g/mol. The van der Waals surface area contributed by atoms with Crippen molar-refractivity contribution in [3.63, 3.8) is 0 Å². The summed E-state index contributed by atoms with van der Waals surface area (Å²) in [5, 5.41) is 29.9. The van der Waals surface area contributed by atoms with Gasteiger partial charge in [-0.05, 0) is 97.8 Å². The van der Waals surface area contributed by atoms with Gasteiger partial charge in [-0.1, -0.05) is 84.9 Å². The van der Waals surface area contributed by atoms with E-state index in [1.165, 1.54) is 0 Å². The maximum Gasteiger partial charge on any atom is 0.154 e. The first-order chi connectivity index (χ1) is 33.3. The second kappa shape index (κ2) is 20.6. The number of hydrogen-bond acceptors (Lipinski definition) is 12. The fourth-order valence-corrected chi connectivity index (χ4v) is 7.98. The van der Waals surface area contributed by atoms with Crippen LogP contribution in [0.5, 0.6) is 11.5 Å². The molecule has 6 aromatic heterocycles. The van der Waals surface area contributed by atoms with Crippen LogP contribution in [-0.2, 0) is 13.2 Å². The van der Waals surface area contributed by atoms with E-state index >= 15 is 0 Å². The molecule has 0 saturated heterocycles. The van der Waals surface area contributed by atoms with Gasteiger partial charge < -0.3 is 31.2 Å². The average molecular weight is 903 g/mol. The van der Waals surface area contributed by atoms with Crippen molar-refractivity contribution in [3.8, 4) is 45.6 Å². The van der Waals surface area contributed by atoms with E-state index in [2.05, 4.69) is 20.2 Å². The molecule has 6 heterocycles. The number of fused-ring (bicyclic) bond motifs is 2. The molecular weight excluding hydrogens is 853 g/mol. The number of nitrogens with zero attached hydrogens (tertiary/aromatic N) is 8. The molecule has 0 aliphatic rings. The Morgan fingerprint density at radius 2 is 0.897 bits per heavy atom. The van der Waals surface area contributed by atoms with Gasteiger partial charge in [-0.25, -0.2) is 19.3 Å². The Morgan fingerprint density at radius 3 is 1.29 bits per heavy atom. The first kappa shape index (κ1) is 45.0. The number of nitrogens with two attached hydrogens (primary N) is 2. The smallest absolute Gasteiger partial charge is 0.154 e. The first-order valence-electron chi connectivity index (χ1n) is 22.3. The van der Waals surface area contributed by atoms with Gasteiger partial charge in [0.15, 0.2) is 11.6 Å². The maximum absolute atomic E-state index is 9.50. The molecule has 68 heavy (non-hydrogen) atoms. The molecular formula is C54H50N10O4. The molecule has 0 unspecified atom stereocenters. The predicted octanol–water partition coefficient (Wildman–Crippen LogP) is 8.84. The summed E-state index contributed by atoms with van der Waals surface area (Å²) < 4.78 is 15.4. The molecule has 0 spiro atoms. The molecule has 0 aliphatic heterocycles. The highest BCUT2D eigenvalue weighted by molar-refractivity contribution is 5.92. The van der Waals surface area contributed by atoms with Crippen molar-refractivity contribution in [3.05, 3.63) is 204 Å². The number of benzene rings is 4. The lowest BCUT2D eigenvalue weighted by Crippen LogP contribution is -2.13. The van der Waals surface area contributed by atoms with Crippen molar-refractivity contribution in [2.45, 2.75) is 39.1 Å². The second-order valence-corrected chi connectivity index (χ2v) is 15.8. The van der Waals surface area contributed by atoms with Crippen molar-refractivity contribution in [1.82, 2.24) is 39.5 Å². The molecule has 10 rings (SSSR count). The molecule has 340 valence electrons. The molecule has 0 radical (unpaired) electrons. The van der Waals surface area contributed by atoms with Gasteiger partial charge in [0, 0.05) is 11.1 Å². The molecule has 0 amide bonds. The summed E-state index contributed by atoms with van der Waals surface area (Å²) in [7, 11) is 0. The van der Waals surface area contributed by atoms with Crippen molar-refractivity contribution in [2.24, 2.45) is 11.5 Å². The van der Waals surface area contributed by atoms with E-state index in [0.29, 0.717) is 36.2 Å². The van der Waals surface area contributed by atoms with E-state index in [1.54, 1.807) is 33.9 Å². The Bertz CT molecular complexity index is 3080. The molecule has 0 saturated carbocycles. The number of pyridine rings is 4. The van der Waals surface area contributed by atoms with E-state index in [4.69, 9.17) is 30.9 Å².